The number of hydrogen-bond donors (Lipinski definition) is 1. The Morgan fingerprint density at radius 2 is 1.91 bits per heavy atom. The van der Waals surface area contributed by atoms with E-state index in [2.05, 4.69) is 20.3 Å². The molecule has 10 nitrogen and oxygen atoms in total. The zero-order valence-electron chi connectivity index (χ0n) is 25.0. The molecule has 0 spiro atoms. The van der Waals surface area contributed by atoms with Crippen molar-refractivity contribution in [1.82, 2.24) is 19.9 Å². The van der Waals surface area contributed by atoms with Crippen LogP contribution in [0.1, 0.15) is 46.2 Å². The molecule has 2 unspecified atom stereocenters. The van der Waals surface area contributed by atoms with Crippen molar-refractivity contribution < 1.29 is 23.7 Å². The van der Waals surface area contributed by atoms with Gasteiger partial charge in [-0.05, 0) is 64.1 Å². The summed E-state index contributed by atoms with van der Waals surface area (Å²) >= 11 is 6.54. The average molecular weight is 606 g/mol. The molecule has 0 aliphatic carbocycles. The summed E-state index contributed by atoms with van der Waals surface area (Å²) in [5.74, 6) is 2.28. The molecule has 1 aliphatic rings. The smallest absolute Gasteiger partial charge is 0.410 e. The molecule has 0 bridgehead atoms. The van der Waals surface area contributed by atoms with Crippen molar-refractivity contribution >= 4 is 40.1 Å². The molecule has 0 saturated carbocycles. The van der Waals surface area contributed by atoms with Crippen LogP contribution in [0.4, 0.5) is 16.3 Å². The number of hydrogen-bond acceptors (Lipinski definition) is 9. The van der Waals surface area contributed by atoms with E-state index in [0.717, 1.165) is 16.8 Å². The van der Waals surface area contributed by atoms with Crippen molar-refractivity contribution in [2.45, 2.75) is 64.9 Å². The van der Waals surface area contributed by atoms with Crippen LogP contribution in [0.15, 0.2) is 61.1 Å². The average Bonchev–Trinajstić information content (AvgIpc) is 2.96. The summed E-state index contributed by atoms with van der Waals surface area (Å²) < 4.78 is 23.5. The predicted octanol–water partition coefficient (Wildman–Crippen LogP) is 7.18. The van der Waals surface area contributed by atoms with Gasteiger partial charge in [-0.25, -0.2) is 14.8 Å². The zero-order valence-corrected chi connectivity index (χ0v) is 25.7. The van der Waals surface area contributed by atoms with Crippen LogP contribution < -0.4 is 19.5 Å². The van der Waals surface area contributed by atoms with E-state index < -0.39 is 5.60 Å². The quantitative estimate of drug-likeness (QED) is 0.223. The van der Waals surface area contributed by atoms with Crippen LogP contribution in [0.2, 0.25) is 5.02 Å². The molecule has 4 aromatic rings. The first-order valence-corrected chi connectivity index (χ1v) is 14.6. The van der Waals surface area contributed by atoms with Crippen LogP contribution in [0.25, 0.3) is 10.9 Å². The van der Waals surface area contributed by atoms with E-state index in [1.807, 2.05) is 64.1 Å². The van der Waals surface area contributed by atoms with E-state index in [1.165, 1.54) is 6.33 Å². The molecule has 1 saturated heterocycles. The van der Waals surface area contributed by atoms with Gasteiger partial charge in [0.25, 0.3) is 0 Å². The second-order valence-electron chi connectivity index (χ2n) is 11.4. The molecule has 5 rings (SSSR count). The number of pyridine rings is 1. The largest absolute Gasteiger partial charge is 0.493 e. The van der Waals surface area contributed by atoms with Gasteiger partial charge in [-0.3, -0.25) is 4.98 Å². The second-order valence-corrected chi connectivity index (χ2v) is 11.8. The summed E-state index contributed by atoms with van der Waals surface area (Å²) in [6.45, 7) is 8.46. The summed E-state index contributed by atoms with van der Waals surface area (Å²) in [6, 6.07) is 14.8. The number of ether oxygens (including phenoxy) is 4. The molecule has 2 atom stereocenters. The Labute approximate surface area is 256 Å². The first kappa shape index (κ1) is 30.2. The third kappa shape index (κ3) is 7.56. The Hall–Kier alpha value is -4.31. The number of aromatic nitrogens is 3. The highest BCUT2D eigenvalue weighted by Crippen LogP contribution is 2.37. The maximum Gasteiger partial charge on any atom is 0.410 e. The van der Waals surface area contributed by atoms with Crippen LogP contribution >= 0.6 is 11.6 Å². The van der Waals surface area contributed by atoms with Crippen molar-refractivity contribution in [1.29, 1.82) is 0 Å². The van der Waals surface area contributed by atoms with E-state index >= 15 is 0 Å². The van der Waals surface area contributed by atoms with Crippen molar-refractivity contribution in [2.24, 2.45) is 0 Å². The number of nitrogens with zero attached hydrogens (tertiary/aromatic N) is 4. The van der Waals surface area contributed by atoms with Crippen molar-refractivity contribution in [3.05, 3.63) is 71.8 Å². The summed E-state index contributed by atoms with van der Waals surface area (Å²) in [5, 5.41) is 4.55. The number of carbonyl (C=O) groups excluding carboxylic acids is 1. The molecule has 0 radical (unpaired) electrons. The van der Waals surface area contributed by atoms with Crippen LogP contribution in [-0.4, -0.2) is 57.3 Å². The van der Waals surface area contributed by atoms with Gasteiger partial charge in [0, 0.05) is 48.8 Å². The molecule has 2 aromatic heterocycles. The van der Waals surface area contributed by atoms with Crippen molar-refractivity contribution in [3.8, 4) is 17.2 Å². The molecule has 1 fully saturated rings. The molecule has 226 valence electrons. The number of piperidine rings is 1. The van der Waals surface area contributed by atoms with Gasteiger partial charge >= 0.3 is 6.09 Å². The Balaban J connectivity index is 1.31. The first-order chi connectivity index (χ1) is 20.6. The van der Waals surface area contributed by atoms with Crippen LogP contribution in [-0.2, 0) is 11.3 Å². The lowest BCUT2D eigenvalue weighted by Gasteiger charge is -2.38. The van der Waals surface area contributed by atoms with E-state index in [4.69, 9.17) is 30.5 Å². The number of nitrogens with one attached hydrogen (secondary N) is 1. The van der Waals surface area contributed by atoms with Crippen LogP contribution in [0.5, 0.6) is 17.2 Å². The molecule has 11 heteroatoms. The minimum Gasteiger partial charge on any atom is -0.493 e. The van der Waals surface area contributed by atoms with E-state index in [-0.39, 0.29) is 18.2 Å². The summed E-state index contributed by atoms with van der Waals surface area (Å²) in [7, 11) is 1.60. The summed E-state index contributed by atoms with van der Waals surface area (Å²) in [5.41, 5.74) is 1.69. The highest BCUT2D eigenvalue weighted by Gasteiger charge is 2.33. The minimum atomic E-state index is -0.544. The number of halogens is 1. The fourth-order valence-electron chi connectivity index (χ4n) is 4.89. The predicted molar refractivity (Wildman–Crippen MR) is 165 cm³/mol. The van der Waals surface area contributed by atoms with Gasteiger partial charge < -0.3 is 29.2 Å². The molecule has 43 heavy (non-hydrogen) atoms. The molecule has 2 aromatic carbocycles. The van der Waals surface area contributed by atoms with Crippen molar-refractivity contribution in [2.75, 3.05) is 19.0 Å². The van der Waals surface area contributed by atoms with Crippen LogP contribution in [0.3, 0.4) is 0 Å². The van der Waals surface area contributed by atoms with Gasteiger partial charge in [-0.15, -0.1) is 0 Å². The normalized spacial score (nSPS) is 16.9. The first-order valence-electron chi connectivity index (χ1n) is 14.2. The number of fused-ring (bicyclic) bond motifs is 1. The van der Waals surface area contributed by atoms with E-state index in [0.29, 0.717) is 59.6 Å². The van der Waals surface area contributed by atoms with Gasteiger partial charge in [-0.2, -0.15) is 0 Å². The molecule has 1 amide bonds. The maximum atomic E-state index is 12.7. The van der Waals surface area contributed by atoms with Crippen molar-refractivity contribution in [3.63, 3.8) is 0 Å². The Bertz CT molecular complexity index is 1580. The van der Waals surface area contributed by atoms with Gasteiger partial charge in [0.15, 0.2) is 11.5 Å². The molecular weight excluding hydrogens is 570 g/mol. The number of benzene rings is 2. The maximum absolute atomic E-state index is 12.7. The lowest BCUT2D eigenvalue weighted by molar-refractivity contribution is -0.00128. The minimum absolute atomic E-state index is 0.0405. The fourth-order valence-corrected chi connectivity index (χ4v) is 5.13. The lowest BCUT2D eigenvalue weighted by Crippen LogP contribution is -2.49. The standard InChI is InChI=1S/C32H36ClN5O5/c1-20-14-23(11-13-38(20)31(39)43-32(2,3)4)42-29-16-24-26(17-28(29)40-5)35-19-36-30(24)37-21-9-10-27(25(33)15-21)41-18-22-8-6-7-12-34-22/h6-10,12,15-17,19-20,23H,11,13-14,18H2,1-5H3,(H,35,36,37). The van der Waals surface area contributed by atoms with Gasteiger partial charge in [0.05, 0.1) is 23.3 Å². The van der Waals surface area contributed by atoms with E-state index in [1.54, 1.807) is 30.3 Å². The SMILES string of the molecule is COc1cc2ncnc(Nc3ccc(OCc4ccccn4)c(Cl)c3)c2cc1OC1CCN(C(=O)OC(C)(C)C)C(C)C1. The Morgan fingerprint density at radius 1 is 1.07 bits per heavy atom. The molecule has 3 heterocycles. The second kappa shape index (κ2) is 12.9. The van der Waals surface area contributed by atoms with Gasteiger partial charge in [-0.1, -0.05) is 17.7 Å². The Kier molecular flexibility index (Phi) is 9.05. The number of rotatable bonds is 8. The van der Waals surface area contributed by atoms with Gasteiger partial charge in [0.2, 0.25) is 0 Å². The number of carbonyl (C=O) groups is 1. The molecule has 1 aliphatic heterocycles. The highest BCUT2D eigenvalue weighted by molar-refractivity contribution is 6.32. The van der Waals surface area contributed by atoms with Gasteiger partial charge in [0.1, 0.15) is 36.2 Å². The third-order valence-corrected chi connectivity index (χ3v) is 7.26. The molecule has 1 N–H and O–H groups in total. The third-order valence-electron chi connectivity index (χ3n) is 6.97. The van der Waals surface area contributed by atoms with E-state index in [9.17, 15) is 4.79 Å². The number of amides is 1. The van der Waals surface area contributed by atoms with Crippen LogP contribution in [0, 0.1) is 0 Å². The lowest BCUT2D eigenvalue weighted by atomic mass is 10.0. The monoisotopic (exact) mass is 605 g/mol. The molecular formula is C32H36ClN5O5. The number of likely N-dealkylation sites (tertiary alicyclic amines) is 1. The Morgan fingerprint density at radius 3 is 2.60 bits per heavy atom. The summed E-state index contributed by atoms with van der Waals surface area (Å²) in [4.78, 5) is 27.6. The number of methoxy groups -OCH3 is 1. The number of anilines is 2. The highest BCUT2D eigenvalue weighted by atomic mass is 35.5. The zero-order chi connectivity index (χ0) is 30.6. The fraction of sp³-hybridized carbons (Fsp3) is 0.375. The topological polar surface area (TPSA) is 108 Å². The summed E-state index contributed by atoms with van der Waals surface area (Å²) in [6.07, 6.45) is 4.12.